The Morgan fingerprint density at radius 1 is 1.40 bits per heavy atom. The fourth-order valence-electron chi connectivity index (χ4n) is 1.27. The highest BCUT2D eigenvalue weighted by Crippen LogP contribution is 2.22. The van der Waals surface area contributed by atoms with Crippen molar-refractivity contribution in [2.45, 2.75) is 36.9 Å². The molecule has 1 aliphatic rings. The second kappa shape index (κ2) is 4.99. The first-order valence-electron chi connectivity index (χ1n) is 4.95. The highest BCUT2D eigenvalue weighted by atomic mass is 32.2. The first-order valence-corrected chi connectivity index (χ1v) is 5.99. The minimum absolute atomic E-state index is 0.237. The smallest absolute Gasteiger partial charge is 0.284 e. The van der Waals surface area contributed by atoms with Crippen molar-refractivity contribution < 1.29 is 13.2 Å². The van der Waals surface area contributed by atoms with Gasteiger partial charge < -0.3 is 9.73 Å². The van der Waals surface area contributed by atoms with Crippen LogP contribution in [0.4, 0.5) is 8.78 Å². The van der Waals surface area contributed by atoms with Crippen molar-refractivity contribution in [3.8, 4) is 0 Å². The number of alkyl halides is 2. The first kappa shape index (κ1) is 11.0. The zero-order chi connectivity index (χ0) is 10.7. The Morgan fingerprint density at radius 2 is 2.13 bits per heavy atom. The van der Waals surface area contributed by atoms with Gasteiger partial charge in [-0.25, -0.2) is 0 Å². The number of rotatable bonds is 6. The molecule has 0 saturated heterocycles. The van der Waals surface area contributed by atoms with E-state index in [0.717, 1.165) is 5.76 Å². The summed E-state index contributed by atoms with van der Waals surface area (Å²) in [5.41, 5.74) is 0. The van der Waals surface area contributed by atoms with E-state index in [9.17, 15) is 8.78 Å². The molecule has 1 aliphatic carbocycles. The van der Waals surface area contributed by atoms with Crippen molar-refractivity contribution >= 4 is 11.8 Å². The maximum absolute atomic E-state index is 11.9. The Morgan fingerprint density at radius 3 is 2.80 bits per heavy atom. The summed E-state index contributed by atoms with van der Waals surface area (Å²) in [5.74, 6) is -0.649. The van der Waals surface area contributed by atoms with Gasteiger partial charge in [0.25, 0.3) is 5.76 Å². The van der Waals surface area contributed by atoms with Gasteiger partial charge in [-0.05, 0) is 25.0 Å². The Hall–Kier alpha value is -0.550. The number of nitrogens with one attached hydrogen (secondary N) is 1. The minimum atomic E-state index is -2.33. The van der Waals surface area contributed by atoms with Gasteiger partial charge in [-0.1, -0.05) is 11.8 Å². The average Bonchev–Trinajstić information content (AvgIpc) is 2.92. The van der Waals surface area contributed by atoms with Crippen LogP contribution in [0.2, 0.25) is 0 Å². The molecule has 0 aliphatic heterocycles. The molecule has 0 radical (unpaired) electrons. The molecule has 0 amide bonds. The quantitative estimate of drug-likeness (QED) is 0.817. The molecule has 1 fully saturated rings. The summed E-state index contributed by atoms with van der Waals surface area (Å²) in [7, 11) is 0. The Balaban J connectivity index is 1.75. The minimum Gasteiger partial charge on any atom is -0.464 e. The van der Waals surface area contributed by atoms with Crippen LogP contribution >= 0.6 is 11.8 Å². The lowest BCUT2D eigenvalue weighted by Crippen LogP contribution is -2.14. The standard InChI is InChI=1S/C10H13F2NOS/c11-10(12)15-6-9-4-3-8(14-9)5-13-7-1-2-7/h3-4,7,10,13H,1-2,5-6H2. The Bertz CT molecular complexity index is 292. The average molecular weight is 233 g/mol. The molecule has 1 aromatic rings. The van der Waals surface area contributed by atoms with Crippen molar-refractivity contribution in [1.82, 2.24) is 5.32 Å². The number of furan rings is 1. The van der Waals surface area contributed by atoms with Gasteiger partial charge in [0.05, 0.1) is 12.3 Å². The van der Waals surface area contributed by atoms with E-state index in [1.807, 2.05) is 6.07 Å². The summed E-state index contributed by atoms with van der Waals surface area (Å²) in [4.78, 5) is 0. The Labute approximate surface area is 91.4 Å². The summed E-state index contributed by atoms with van der Waals surface area (Å²) in [6, 6.07) is 4.24. The molecule has 1 saturated carbocycles. The molecule has 1 N–H and O–H groups in total. The van der Waals surface area contributed by atoms with E-state index in [0.29, 0.717) is 30.1 Å². The molecular formula is C10H13F2NOS. The molecule has 15 heavy (non-hydrogen) atoms. The molecule has 5 heteroatoms. The topological polar surface area (TPSA) is 25.2 Å². The monoisotopic (exact) mass is 233 g/mol. The lowest BCUT2D eigenvalue weighted by molar-refractivity contribution is 0.251. The van der Waals surface area contributed by atoms with Crippen LogP contribution in [0.5, 0.6) is 0 Å². The van der Waals surface area contributed by atoms with Crippen molar-refractivity contribution in [2.24, 2.45) is 0 Å². The third kappa shape index (κ3) is 3.83. The summed E-state index contributed by atoms with van der Waals surface area (Å²) < 4.78 is 29.2. The van der Waals surface area contributed by atoms with E-state index in [1.54, 1.807) is 6.07 Å². The van der Waals surface area contributed by atoms with Crippen LogP contribution in [0.15, 0.2) is 16.5 Å². The first-order chi connectivity index (χ1) is 7.24. The van der Waals surface area contributed by atoms with Gasteiger partial charge in [-0.3, -0.25) is 0 Å². The molecule has 1 heterocycles. The molecule has 84 valence electrons. The van der Waals surface area contributed by atoms with Gasteiger partial charge in [0, 0.05) is 6.04 Å². The predicted octanol–water partition coefficient (Wildman–Crippen LogP) is 2.99. The number of hydrogen-bond acceptors (Lipinski definition) is 3. The Kier molecular flexibility index (Phi) is 3.64. The maximum atomic E-state index is 11.9. The highest BCUT2D eigenvalue weighted by molar-refractivity contribution is 7.98. The lowest BCUT2D eigenvalue weighted by atomic mass is 10.4. The van der Waals surface area contributed by atoms with Gasteiger partial charge in [0.15, 0.2) is 0 Å². The zero-order valence-corrected chi connectivity index (χ0v) is 9.03. The van der Waals surface area contributed by atoms with E-state index in [2.05, 4.69) is 5.32 Å². The van der Waals surface area contributed by atoms with Crippen molar-refractivity contribution in [3.63, 3.8) is 0 Å². The van der Waals surface area contributed by atoms with Crippen LogP contribution in [0.3, 0.4) is 0 Å². The summed E-state index contributed by atoms with van der Waals surface area (Å²) in [6.07, 6.45) is 2.46. The van der Waals surface area contributed by atoms with Crippen molar-refractivity contribution in [1.29, 1.82) is 0 Å². The molecule has 0 atom stereocenters. The van der Waals surface area contributed by atoms with Crippen LogP contribution in [0.1, 0.15) is 24.4 Å². The summed E-state index contributed by atoms with van der Waals surface area (Å²) >= 11 is 0.587. The van der Waals surface area contributed by atoms with Gasteiger partial charge >= 0.3 is 0 Å². The summed E-state index contributed by atoms with van der Waals surface area (Å²) in [6.45, 7) is 0.698. The predicted molar refractivity (Wildman–Crippen MR) is 55.9 cm³/mol. The third-order valence-electron chi connectivity index (χ3n) is 2.21. The van der Waals surface area contributed by atoms with Gasteiger partial charge in [-0.2, -0.15) is 8.78 Å². The van der Waals surface area contributed by atoms with E-state index in [4.69, 9.17) is 4.42 Å². The van der Waals surface area contributed by atoms with Gasteiger partial charge in [-0.15, -0.1) is 0 Å². The van der Waals surface area contributed by atoms with Crippen LogP contribution in [-0.4, -0.2) is 11.8 Å². The van der Waals surface area contributed by atoms with E-state index < -0.39 is 5.76 Å². The number of thioether (sulfide) groups is 1. The molecule has 0 spiro atoms. The second-order valence-corrected chi connectivity index (χ2v) is 4.57. The second-order valence-electron chi connectivity index (χ2n) is 3.59. The molecule has 1 aromatic heterocycles. The fraction of sp³-hybridized carbons (Fsp3) is 0.600. The van der Waals surface area contributed by atoms with Crippen molar-refractivity contribution in [2.75, 3.05) is 0 Å². The van der Waals surface area contributed by atoms with E-state index >= 15 is 0 Å². The van der Waals surface area contributed by atoms with E-state index in [1.165, 1.54) is 12.8 Å². The van der Waals surface area contributed by atoms with Crippen LogP contribution in [0, 0.1) is 0 Å². The molecule has 0 unspecified atom stereocenters. The molecule has 2 rings (SSSR count). The van der Waals surface area contributed by atoms with Crippen LogP contribution in [0.25, 0.3) is 0 Å². The van der Waals surface area contributed by atoms with Crippen LogP contribution in [-0.2, 0) is 12.3 Å². The molecule has 0 bridgehead atoms. The van der Waals surface area contributed by atoms with Crippen molar-refractivity contribution in [3.05, 3.63) is 23.7 Å². The van der Waals surface area contributed by atoms with E-state index in [-0.39, 0.29) is 5.75 Å². The third-order valence-corrected chi connectivity index (χ3v) is 2.91. The van der Waals surface area contributed by atoms with Crippen LogP contribution < -0.4 is 5.32 Å². The number of hydrogen-bond donors (Lipinski definition) is 1. The van der Waals surface area contributed by atoms with Gasteiger partial charge in [0.2, 0.25) is 0 Å². The SMILES string of the molecule is FC(F)SCc1ccc(CNC2CC2)o1. The normalized spacial score (nSPS) is 16.2. The molecule has 0 aromatic carbocycles. The fourth-order valence-corrected chi connectivity index (χ4v) is 1.72. The zero-order valence-electron chi connectivity index (χ0n) is 8.21. The molecule has 2 nitrogen and oxygen atoms in total. The number of halogens is 2. The molecular weight excluding hydrogens is 220 g/mol. The largest absolute Gasteiger partial charge is 0.464 e. The summed E-state index contributed by atoms with van der Waals surface area (Å²) in [5, 5.41) is 3.30. The maximum Gasteiger partial charge on any atom is 0.284 e. The lowest BCUT2D eigenvalue weighted by Gasteiger charge is -1.99. The highest BCUT2D eigenvalue weighted by Gasteiger charge is 2.20. The van der Waals surface area contributed by atoms with Gasteiger partial charge in [0.1, 0.15) is 11.5 Å².